The average Bonchev–Trinajstić information content (AvgIpc) is 2.98. The van der Waals surface area contributed by atoms with Crippen molar-refractivity contribution in [2.45, 2.75) is 38.9 Å². The van der Waals surface area contributed by atoms with Gasteiger partial charge in [0.25, 0.3) is 0 Å². The molecule has 3 heterocycles. The Bertz CT molecular complexity index is 525. The Kier molecular flexibility index (Phi) is 4.35. The van der Waals surface area contributed by atoms with Gasteiger partial charge in [0.2, 0.25) is 0 Å². The number of rotatable bonds is 5. The van der Waals surface area contributed by atoms with Crippen LogP contribution in [-0.4, -0.2) is 66.4 Å². The molecular weight excluding hydrogens is 284 g/mol. The molecule has 2 fully saturated rings. The Balaban J connectivity index is 1.62. The molecule has 1 N–H and O–H groups in total. The molecule has 1 aromatic rings. The third-order valence-corrected chi connectivity index (χ3v) is 4.73. The van der Waals surface area contributed by atoms with Gasteiger partial charge >= 0.3 is 6.03 Å². The molecule has 0 unspecified atom stereocenters. The summed E-state index contributed by atoms with van der Waals surface area (Å²) in [6.45, 7) is 7.84. The summed E-state index contributed by atoms with van der Waals surface area (Å²) in [7, 11) is 1.66. The van der Waals surface area contributed by atoms with Crippen LogP contribution in [0.1, 0.15) is 23.4 Å². The molecule has 2 aliphatic heterocycles. The first-order valence-electron chi connectivity index (χ1n) is 7.80. The van der Waals surface area contributed by atoms with E-state index in [4.69, 9.17) is 9.26 Å². The lowest BCUT2D eigenvalue weighted by atomic mass is 9.99. The van der Waals surface area contributed by atoms with Crippen molar-refractivity contribution >= 4 is 6.03 Å². The zero-order valence-corrected chi connectivity index (χ0v) is 13.5. The zero-order chi connectivity index (χ0) is 15.7. The van der Waals surface area contributed by atoms with E-state index in [1.807, 2.05) is 18.7 Å². The molecule has 2 amide bonds. The number of nitrogens with one attached hydrogen (secondary N) is 1. The largest absolute Gasteiger partial charge is 0.383 e. The minimum atomic E-state index is 0.0336. The molecular formula is C15H24N4O3. The van der Waals surface area contributed by atoms with Crippen LogP contribution in [0.2, 0.25) is 0 Å². The lowest BCUT2D eigenvalue weighted by Crippen LogP contribution is -2.51. The first-order valence-corrected chi connectivity index (χ1v) is 7.80. The van der Waals surface area contributed by atoms with E-state index < -0.39 is 0 Å². The highest BCUT2D eigenvalue weighted by atomic mass is 16.5. The van der Waals surface area contributed by atoms with Gasteiger partial charge in [0, 0.05) is 38.9 Å². The number of likely N-dealkylation sites (tertiary alicyclic amines) is 1. The van der Waals surface area contributed by atoms with Crippen LogP contribution < -0.4 is 5.32 Å². The fourth-order valence-corrected chi connectivity index (χ4v) is 3.47. The number of carbonyl (C=O) groups is 1. The van der Waals surface area contributed by atoms with E-state index in [0.717, 1.165) is 37.5 Å². The summed E-state index contributed by atoms with van der Waals surface area (Å²) in [6, 6.07) is 0.508. The number of hydrogen-bond donors (Lipinski definition) is 1. The third-order valence-electron chi connectivity index (χ3n) is 4.73. The number of aryl methyl sites for hydroxylation is 2. The van der Waals surface area contributed by atoms with Crippen LogP contribution >= 0.6 is 0 Å². The lowest BCUT2D eigenvalue weighted by molar-refractivity contribution is 0.111. The van der Waals surface area contributed by atoms with Crippen molar-refractivity contribution in [3.05, 3.63) is 17.0 Å². The Hall–Kier alpha value is -1.60. The fourth-order valence-electron chi connectivity index (χ4n) is 3.47. The second-order valence-electron chi connectivity index (χ2n) is 6.14. The SMILES string of the molecule is COCCN1C(=O)N[C@@H]2CN(Cc3c(C)noc3C)CC[C@@H]21. The van der Waals surface area contributed by atoms with Gasteiger partial charge in [-0.3, -0.25) is 4.90 Å². The molecule has 0 spiro atoms. The normalized spacial score (nSPS) is 25.4. The number of ether oxygens (including phenoxy) is 1. The highest BCUT2D eigenvalue weighted by Gasteiger charge is 2.42. The molecule has 2 saturated heterocycles. The van der Waals surface area contributed by atoms with Gasteiger partial charge in [-0.15, -0.1) is 0 Å². The number of carbonyl (C=O) groups excluding carboxylic acids is 1. The molecule has 0 radical (unpaired) electrons. The molecule has 7 heteroatoms. The Morgan fingerprint density at radius 1 is 1.45 bits per heavy atom. The molecule has 122 valence electrons. The quantitative estimate of drug-likeness (QED) is 0.875. The number of amides is 2. The molecule has 2 atom stereocenters. The number of nitrogens with zero attached hydrogens (tertiary/aromatic N) is 3. The van der Waals surface area contributed by atoms with Crippen LogP contribution in [0, 0.1) is 13.8 Å². The van der Waals surface area contributed by atoms with Gasteiger partial charge < -0.3 is 19.5 Å². The summed E-state index contributed by atoms with van der Waals surface area (Å²) < 4.78 is 10.3. The molecule has 2 aliphatic rings. The summed E-state index contributed by atoms with van der Waals surface area (Å²) in [5.41, 5.74) is 2.12. The van der Waals surface area contributed by atoms with Crippen molar-refractivity contribution in [1.29, 1.82) is 0 Å². The standard InChI is InChI=1S/C15H24N4O3/c1-10-12(11(2)22-17-10)8-18-5-4-14-13(9-18)16-15(20)19(14)6-7-21-3/h13-14H,4-9H2,1-3H3,(H,16,20)/t13-,14+/m1/s1. The summed E-state index contributed by atoms with van der Waals surface area (Å²) in [6.07, 6.45) is 0.983. The molecule has 0 saturated carbocycles. The second kappa shape index (κ2) is 6.26. The highest BCUT2D eigenvalue weighted by molar-refractivity contribution is 5.77. The first kappa shape index (κ1) is 15.3. The Morgan fingerprint density at radius 3 is 2.95 bits per heavy atom. The van der Waals surface area contributed by atoms with Crippen LogP contribution in [0.4, 0.5) is 4.79 Å². The monoisotopic (exact) mass is 308 g/mol. The lowest BCUT2D eigenvalue weighted by Gasteiger charge is -2.36. The number of urea groups is 1. The van der Waals surface area contributed by atoms with Gasteiger partial charge in [0.05, 0.1) is 24.4 Å². The van der Waals surface area contributed by atoms with Crippen LogP contribution in [-0.2, 0) is 11.3 Å². The van der Waals surface area contributed by atoms with Crippen molar-refractivity contribution in [2.75, 3.05) is 33.4 Å². The molecule has 7 nitrogen and oxygen atoms in total. The molecule has 22 heavy (non-hydrogen) atoms. The summed E-state index contributed by atoms with van der Waals surface area (Å²) in [5, 5.41) is 7.12. The maximum atomic E-state index is 12.1. The van der Waals surface area contributed by atoms with E-state index in [1.165, 1.54) is 5.56 Å². The van der Waals surface area contributed by atoms with Crippen LogP contribution in [0.15, 0.2) is 4.52 Å². The van der Waals surface area contributed by atoms with Gasteiger partial charge in [-0.05, 0) is 20.3 Å². The predicted molar refractivity (Wildman–Crippen MR) is 80.6 cm³/mol. The van der Waals surface area contributed by atoms with E-state index in [2.05, 4.69) is 15.4 Å². The van der Waals surface area contributed by atoms with E-state index in [0.29, 0.717) is 13.2 Å². The fraction of sp³-hybridized carbons (Fsp3) is 0.733. The van der Waals surface area contributed by atoms with Gasteiger partial charge in [0.15, 0.2) is 0 Å². The smallest absolute Gasteiger partial charge is 0.318 e. The van der Waals surface area contributed by atoms with Gasteiger partial charge in [-0.25, -0.2) is 4.79 Å². The maximum Gasteiger partial charge on any atom is 0.318 e. The van der Waals surface area contributed by atoms with Crippen molar-refractivity contribution in [2.24, 2.45) is 0 Å². The number of aromatic nitrogens is 1. The maximum absolute atomic E-state index is 12.1. The van der Waals surface area contributed by atoms with Crippen LogP contribution in [0.3, 0.4) is 0 Å². The van der Waals surface area contributed by atoms with E-state index in [1.54, 1.807) is 7.11 Å². The van der Waals surface area contributed by atoms with E-state index in [9.17, 15) is 4.79 Å². The summed E-state index contributed by atoms with van der Waals surface area (Å²) >= 11 is 0. The van der Waals surface area contributed by atoms with Crippen LogP contribution in [0.25, 0.3) is 0 Å². The number of methoxy groups -OCH3 is 1. The molecule has 0 bridgehead atoms. The Morgan fingerprint density at radius 2 is 2.27 bits per heavy atom. The minimum absolute atomic E-state index is 0.0336. The van der Waals surface area contributed by atoms with Crippen molar-refractivity contribution in [3.8, 4) is 0 Å². The van der Waals surface area contributed by atoms with Crippen molar-refractivity contribution < 1.29 is 14.1 Å². The number of piperidine rings is 1. The summed E-state index contributed by atoms with van der Waals surface area (Å²) in [5.74, 6) is 0.886. The third kappa shape index (κ3) is 2.83. The molecule has 3 rings (SSSR count). The van der Waals surface area contributed by atoms with Gasteiger partial charge in [0.1, 0.15) is 5.76 Å². The van der Waals surface area contributed by atoms with Gasteiger partial charge in [-0.1, -0.05) is 5.16 Å². The first-order chi connectivity index (χ1) is 10.6. The minimum Gasteiger partial charge on any atom is -0.383 e. The van der Waals surface area contributed by atoms with Crippen LogP contribution in [0.5, 0.6) is 0 Å². The predicted octanol–water partition coefficient (Wildman–Crippen LogP) is 0.906. The number of fused-ring (bicyclic) bond motifs is 1. The van der Waals surface area contributed by atoms with Gasteiger partial charge in [-0.2, -0.15) is 0 Å². The second-order valence-corrected chi connectivity index (χ2v) is 6.14. The van der Waals surface area contributed by atoms with E-state index >= 15 is 0 Å². The van der Waals surface area contributed by atoms with Crippen molar-refractivity contribution in [3.63, 3.8) is 0 Å². The molecule has 0 aliphatic carbocycles. The van der Waals surface area contributed by atoms with E-state index in [-0.39, 0.29) is 18.1 Å². The summed E-state index contributed by atoms with van der Waals surface area (Å²) in [4.78, 5) is 16.4. The molecule has 1 aromatic heterocycles. The number of hydrogen-bond acceptors (Lipinski definition) is 5. The Labute approximate surface area is 130 Å². The highest BCUT2D eigenvalue weighted by Crippen LogP contribution is 2.25. The topological polar surface area (TPSA) is 70.8 Å². The average molecular weight is 308 g/mol. The van der Waals surface area contributed by atoms with Crippen molar-refractivity contribution in [1.82, 2.24) is 20.3 Å². The zero-order valence-electron chi connectivity index (χ0n) is 13.5. The molecule has 0 aromatic carbocycles.